The third-order valence-electron chi connectivity index (χ3n) is 3.56. The summed E-state index contributed by atoms with van der Waals surface area (Å²) < 4.78 is 7.24. The van der Waals surface area contributed by atoms with Crippen molar-refractivity contribution in [2.75, 3.05) is 5.32 Å². The van der Waals surface area contributed by atoms with Gasteiger partial charge < -0.3 is 10.1 Å². The molecule has 0 fully saturated rings. The van der Waals surface area contributed by atoms with Gasteiger partial charge in [-0.25, -0.2) is 4.68 Å². The summed E-state index contributed by atoms with van der Waals surface area (Å²) in [5.74, 6) is 0.380. The van der Waals surface area contributed by atoms with Gasteiger partial charge in [-0.05, 0) is 72.3 Å². The third-order valence-corrected chi connectivity index (χ3v) is 3.79. The second kappa shape index (κ2) is 7.31. The van der Waals surface area contributed by atoms with Gasteiger partial charge in [-0.1, -0.05) is 11.6 Å². The zero-order valence-electron chi connectivity index (χ0n) is 13.7. The molecule has 1 N–H and O–H groups in total. The smallest absolute Gasteiger partial charge is 0.265 e. The molecule has 0 aliphatic heterocycles. The Kier molecular flexibility index (Phi) is 4.95. The maximum Gasteiger partial charge on any atom is 0.265 e. The summed E-state index contributed by atoms with van der Waals surface area (Å²) in [6.45, 7) is 3.57. The van der Waals surface area contributed by atoms with E-state index in [1.807, 2.05) is 6.92 Å². The molecule has 1 atom stereocenters. The van der Waals surface area contributed by atoms with Gasteiger partial charge in [-0.2, -0.15) is 0 Å². The summed E-state index contributed by atoms with van der Waals surface area (Å²) in [7, 11) is 0. The first-order chi connectivity index (χ1) is 12.0. The van der Waals surface area contributed by atoms with E-state index in [-0.39, 0.29) is 5.91 Å². The molecular weight excluding hydrogens is 342 g/mol. The number of nitrogens with zero attached hydrogens (tertiary/aromatic N) is 4. The van der Waals surface area contributed by atoms with Gasteiger partial charge in [0, 0.05) is 10.7 Å². The predicted molar refractivity (Wildman–Crippen MR) is 94.1 cm³/mol. The number of benzene rings is 2. The molecule has 0 unspecified atom stereocenters. The molecular formula is C17H16ClN5O2. The molecule has 7 nitrogen and oxygen atoms in total. The molecule has 3 aromatic rings. The molecule has 0 spiro atoms. The Morgan fingerprint density at radius 1 is 1.24 bits per heavy atom. The highest BCUT2D eigenvalue weighted by atomic mass is 35.5. The van der Waals surface area contributed by atoms with Gasteiger partial charge in [0.15, 0.2) is 6.10 Å². The first kappa shape index (κ1) is 16.9. The number of aromatic nitrogens is 4. The standard InChI is InChI=1S/C17H16ClN5O2/c1-11-9-13(18)3-8-16(11)25-12(2)17(24)20-14-4-6-15(7-5-14)23-10-19-21-22-23/h3-10,12H,1-2H3,(H,20,24)/t12-/m0/s1. The van der Waals surface area contributed by atoms with Gasteiger partial charge in [-0.3, -0.25) is 4.79 Å². The highest BCUT2D eigenvalue weighted by molar-refractivity contribution is 6.30. The summed E-state index contributed by atoms with van der Waals surface area (Å²) in [6, 6.07) is 12.4. The number of carbonyl (C=O) groups is 1. The van der Waals surface area contributed by atoms with Gasteiger partial charge in [0.1, 0.15) is 12.1 Å². The molecule has 1 heterocycles. The van der Waals surface area contributed by atoms with Crippen LogP contribution in [0.1, 0.15) is 12.5 Å². The number of anilines is 1. The molecule has 3 rings (SSSR count). The van der Waals surface area contributed by atoms with Crippen molar-refractivity contribution in [2.24, 2.45) is 0 Å². The van der Waals surface area contributed by atoms with Crippen molar-refractivity contribution >= 4 is 23.2 Å². The third kappa shape index (κ3) is 4.13. The molecule has 1 aromatic heterocycles. The summed E-state index contributed by atoms with van der Waals surface area (Å²) in [4.78, 5) is 12.3. The minimum absolute atomic E-state index is 0.246. The predicted octanol–water partition coefficient (Wildman–Crippen LogP) is 3.03. The van der Waals surface area contributed by atoms with Crippen molar-refractivity contribution in [3.05, 3.63) is 59.4 Å². The quantitative estimate of drug-likeness (QED) is 0.759. The van der Waals surface area contributed by atoms with Gasteiger partial charge in [0.25, 0.3) is 5.91 Å². The highest BCUT2D eigenvalue weighted by Gasteiger charge is 2.16. The Morgan fingerprint density at radius 3 is 2.64 bits per heavy atom. The van der Waals surface area contributed by atoms with E-state index in [1.165, 1.54) is 11.0 Å². The van der Waals surface area contributed by atoms with Crippen LogP contribution >= 0.6 is 11.6 Å². The van der Waals surface area contributed by atoms with E-state index >= 15 is 0 Å². The molecule has 0 aliphatic rings. The second-order valence-corrected chi connectivity index (χ2v) is 5.90. The Morgan fingerprint density at radius 2 is 2.00 bits per heavy atom. The fourth-order valence-corrected chi connectivity index (χ4v) is 2.44. The van der Waals surface area contributed by atoms with E-state index in [0.29, 0.717) is 16.5 Å². The lowest BCUT2D eigenvalue weighted by molar-refractivity contribution is -0.122. The number of hydrogen-bond acceptors (Lipinski definition) is 5. The minimum atomic E-state index is -0.654. The van der Waals surface area contributed by atoms with Crippen molar-refractivity contribution < 1.29 is 9.53 Å². The van der Waals surface area contributed by atoms with E-state index in [2.05, 4.69) is 20.8 Å². The second-order valence-electron chi connectivity index (χ2n) is 5.46. The van der Waals surface area contributed by atoms with Crippen LogP contribution < -0.4 is 10.1 Å². The molecule has 0 bridgehead atoms. The summed E-state index contributed by atoms with van der Waals surface area (Å²) in [5.41, 5.74) is 2.33. The van der Waals surface area contributed by atoms with Crippen LogP contribution in [0, 0.1) is 6.92 Å². The lowest BCUT2D eigenvalue weighted by Crippen LogP contribution is -2.30. The van der Waals surface area contributed by atoms with Crippen LogP contribution in [-0.2, 0) is 4.79 Å². The zero-order valence-corrected chi connectivity index (χ0v) is 14.4. The number of aryl methyl sites for hydroxylation is 1. The maximum absolute atomic E-state index is 12.3. The summed E-state index contributed by atoms with van der Waals surface area (Å²) in [6.07, 6.45) is 0.844. The number of rotatable bonds is 5. The van der Waals surface area contributed by atoms with E-state index in [4.69, 9.17) is 16.3 Å². The number of amides is 1. The molecule has 0 radical (unpaired) electrons. The number of ether oxygens (including phenoxy) is 1. The van der Waals surface area contributed by atoms with E-state index in [9.17, 15) is 4.79 Å². The fraction of sp³-hybridized carbons (Fsp3) is 0.176. The number of halogens is 1. The molecule has 2 aromatic carbocycles. The fourth-order valence-electron chi connectivity index (χ4n) is 2.21. The van der Waals surface area contributed by atoms with Crippen molar-refractivity contribution in [1.29, 1.82) is 0 Å². The number of tetrazole rings is 1. The number of hydrogen-bond donors (Lipinski definition) is 1. The zero-order chi connectivity index (χ0) is 17.8. The van der Waals surface area contributed by atoms with Crippen molar-refractivity contribution in [3.63, 3.8) is 0 Å². The first-order valence-corrected chi connectivity index (χ1v) is 7.98. The van der Waals surface area contributed by atoms with Gasteiger partial charge in [0.05, 0.1) is 5.69 Å². The Hall–Kier alpha value is -2.93. The lowest BCUT2D eigenvalue weighted by atomic mass is 10.2. The summed E-state index contributed by atoms with van der Waals surface area (Å²) >= 11 is 5.92. The van der Waals surface area contributed by atoms with E-state index in [0.717, 1.165) is 11.3 Å². The van der Waals surface area contributed by atoms with E-state index < -0.39 is 6.10 Å². The monoisotopic (exact) mass is 357 g/mol. The van der Waals surface area contributed by atoms with Crippen LogP contribution in [0.5, 0.6) is 5.75 Å². The molecule has 1 amide bonds. The van der Waals surface area contributed by atoms with E-state index in [1.54, 1.807) is 49.4 Å². The van der Waals surface area contributed by atoms with Crippen LogP contribution in [0.15, 0.2) is 48.8 Å². The molecule has 0 aliphatic carbocycles. The number of nitrogens with one attached hydrogen (secondary N) is 1. The topological polar surface area (TPSA) is 81.9 Å². The van der Waals surface area contributed by atoms with Gasteiger partial charge >= 0.3 is 0 Å². The molecule has 25 heavy (non-hydrogen) atoms. The lowest BCUT2D eigenvalue weighted by Gasteiger charge is -2.16. The Balaban J connectivity index is 1.63. The molecule has 8 heteroatoms. The van der Waals surface area contributed by atoms with Crippen LogP contribution in [-0.4, -0.2) is 32.2 Å². The molecule has 0 saturated heterocycles. The molecule has 0 saturated carbocycles. The Bertz CT molecular complexity index is 865. The maximum atomic E-state index is 12.3. The SMILES string of the molecule is Cc1cc(Cl)ccc1O[C@@H](C)C(=O)Nc1ccc(-n2cnnn2)cc1. The Labute approximate surface area is 149 Å². The van der Waals surface area contributed by atoms with Crippen LogP contribution in [0.2, 0.25) is 5.02 Å². The minimum Gasteiger partial charge on any atom is -0.481 e. The van der Waals surface area contributed by atoms with Gasteiger partial charge in [0.2, 0.25) is 0 Å². The average molecular weight is 358 g/mol. The van der Waals surface area contributed by atoms with Gasteiger partial charge in [-0.15, -0.1) is 5.10 Å². The normalized spacial score (nSPS) is 11.8. The van der Waals surface area contributed by atoms with Crippen molar-refractivity contribution in [2.45, 2.75) is 20.0 Å². The average Bonchev–Trinajstić information content (AvgIpc) is 3.12. The van der Waals surface area contributed by atoms with Crippen LogP contribution in [0.25, 0.3) is 5.69 Å². The first-order valence-electron chi connectivity index (χ1n) is 7.60. The summed E-state index contributed by atoms with van der Waals surface area (Å²) in [5, 5.41) is 14.4. The van der Waals surface area contributed by atoms with Crippen LogP contribution in [0.3, 0.4) is 0 Å². The van der Waals surface area contributed by atoms with Crippen molar-refractivity contribution in [3.8, 4) is 11.4 Å². The largest absolute Gasteiger partial charge is 0.481 e. The molecule has 128 valence electrons. The van der Waals surface area contributed by atoms with Crippen molar-refractivity contribution in [1.82, 2.24) is 20.2 Å². The highest BCUT2D eigenvalue weighted by Crippen LogP contribution is 2.23. The number of carbonyl (C=O) groups excluding carboxylic acids is 1. The van der Waals surface area contributed by atoms with Crippen LogP contribution in [0.4, 0.5) is 5.69 Å².